The van der Waals surface area contributed by atoms with Crippen LogP contribution in [0.1, 0.15) is 96.8 Å². The zero-order chi connectivity index (χ0) is 29.4. The second-order valence-corrected chi connectivity index (χ2v) is 15.3. The molecule has 0 radical (unpaired) electrons. The summed E-state index contributed by atoms with van der Waals surface area (Å²) in [5, 5.41) is -2.91. The Bertz CT molecular complexity index is 843. The third-order valence-corrected chi connectivity index (χ3v) is 9.24. The molecule has 40 heavy (non-hydrogen) atoms. The molecule has 0 aromatic carbocycles. The molecule has 0 bridgehead atoms. The summed E-state index contributed by atoms with van der Waals surface area (Å²) in [6.45, 7) is 1.48. The third-order valence-electron chi connectivity index (χ3n) is 5.78. The van der Waals surface area contributed by atoms with Crippen LogP contribution in [0.2, 0.25) is 0 Å². The van der Waals surface area contributed by atoms with Crippen LogP contribution >= 0.6 is 69.6 Å². The minimum absolute atomic E-state index is 0. The zero-order valence-corrected chi connectivity index (χ0v) is 33.5. The fourth-order valence-electron chi connectivity index (χ4n) is 3.76. The van der Waals surface area contributed by atoms with Crippen LogP contribution in [0, 0.1) is 0 Å². The Morgan fingerprint density at radius 3 is 1.75 bits per heavy atom. The van der Waals surface area contributed by atoms with Crippen molar-refractivity contribution >= 4 is 90.4 Å². The van der Waals surface area contributed by atoms with Crippen LogP contribution in [-0.4, -0.2) is 64.5 Å². The normalized spacial score (nSPS) is 16.3. The Hall–Kier alpha value is 3.48. The molecular formula is C22H38Cl6Na2O8S2. The molecule has 0 aliphatic carbocycles. The number of unbranched alkanes of at least 4 members (excludes halogenated alkanes) is 8. The van der Waals surface area contributed by atoms with Crippen LogP contribution in [0.25, 0.3) is 0 Å². The molecule has 0 amide bonds. The number of hydrogen-bond donors (Lipinski definition) is 0. The van der Waals surface area contributed by atoms with E-state index in [1.54, 1.807) is 0 Å². The Balaban J connectivity index is -0.00000684. The molecule has 0 rings (SSSR count). The molecule has 18 heteroatoms. The topological polar surface area (TPSA) is 133 Å². The second-order valence-electron chi connectivity index (χ2n) is 9.31. The molecule has 0 fully saturated rings. The molecule has 0 saturated heterocycles. The van der Waals surface area contributed by atoms with E-state index in [2.05, 4.69) is 15.3 Å². The predicted octanol–water partition coefficient (Wildman–Crippen LogP) is 1.40. The van der Waals surface area contributed by atoms with Gasteiger partial charge in [0.05, 0.1) is 22.7 Å². The van der Waals surface area contributed by atoms with Gasteiger partial charge in [0.25, 0.3) is 0 Å². The molecule has 5 atom stereocenters. The summed E-state index contributed by atoms with van der Waals surface area (Å²) in [6.07, 6.45) is 9.10. The minimum atomic E-state index is -5.05. The molecule has 0 aromatic rings. The van der Waals surface area contributed by atoms with Crippen molar-refractivity contribution in [3.8, 4) is 0 Å². The largest absolute Gasteiger partial charge is 1.00 e. The number of halogens is 6. The summed E-state index contributed by atoms with van der Waals surface area (Å²) in [6, 6.07) is 0. The van der Waals surface area contributed by atoms with Crippen LogP contribution < -0.4 is 59.1 Å². The third kappa shape index (κ3) is 27.8. The Morgan fingerprint density at radius 1 is 0.725 bits per heavy atom. The molecule has 0 saturated carbocycles. The first-order valence-corrected chi connectivity index (χ1v) is 17.8. The van der Waals surface area contributed by atoms with Gasteiger partial charge in [0, 0.05) is 5.38 Å². The van der Waals surface area contributed by atoms with Gasteiger partial charge in [-0.3, -0.25) is 8.37 Å². The number of rotatable bonds is 24. The van der Waals surface area contributed by atoms with Gasteiger partial charge in [-0.2, -0.15) is 0 Å². The summed E-state index contributed by atoms with van der Waals surface area (Å²) in [4.78, 5) is 0. The maximum atomic E-state index is 11.3. The molecule has 0 aromatic heterocycles. The first kappa shape index (κ1) is 47.9. The summed E-state index contributed by atoms with van der Waals surface area (Å²) in [5.74, 6) is 0. The van der Waals surface area contributed by atoms with Gasteiger partial charge >= 0.3 is 59.1 Å². The predicted molar refractivity (Wildman–Crippen MR) is 154 cm³/mol. The summed E-state index contributed by atoms with van der Waals surface area (Å²) in [7, 11) is -9.89. The van der Waals surface area contributed by atoms with Gasteiger partial charge in [0.15, 0.2) is 0 Å². The van der Waals surface area contributed by atoms with E-state index in [1.807, 2.05) is 0 Å². The molecule has 0 aliphatic rings. The van der Waals surface area contributed by atoms with E-state index in [9.17, 15) is 25.9 Å². The average molecular weight is 753 g/mol. The van der Waals surface area contributed by atoms with Crippen molar-refractivity contribution in [3.63, 3.8) is 0 Å². The standard InChI is InChI=1S/C22H40Cl6O8S2.2Na/c1-2-3-4-10-13-18(24)20(26)21(36-38(32,33)34)19(25)15-17(23)12-9-7-5-6-8-11-14-22(27,28)16-35-37(29,30)31;;/h17-21H,2-16H2,1H3,(H,29,30,31)(H,32,33,34);;/q;2*+1/p-2/t17-,18+,19+,20+,21+;;/m0../s1. The molecular weight excluding hydrogens is 715 g/mol. The minimum Gasteiger partial charge on any atom is -0.726 e. The SMILES string of the molecule is CCCCCC[C@@H](Cl)[C@@H](Cl)[C@H](OS(=O)(=O)[O-])[C@H](Cl)C[C@@H](Cl)CCCCCCCCC(Cl)(Cl)COS(=O)(=O)[O-].[Na+].[Na+]. The summed E-state index contributed by atoms with van der Waals surface area (Å²) >= 11 is 37.5. The van der Waals surface area contributed by atoms with Crippen molar-refractivity contribution in [3.05, 3.63) is 0 Å². The van der Waals surface area contributed by atoms with Crippen molar-refractivity contribution in [2.75, 3.05) is 6.61 Å². The molecule has 230 valence electrons. The monoisotopic (exact) mass is 750 g/mol. The first-order chi connectivity index (χ1) is 17.5. The van der Waals surface area contributed by atoms with Crippen molar-refractivity contribution in [1.29, 1.82) is 0 Å². The Morgan fingerprint density at radius 2 is 1.23 bits per heavy atom. The van der Waals surface area contributed by atoms with Crippen LogP contribution in [0.15, 0.2) is 0 Å². The number of hydrogen-bond acceptors (Lipinski definition) is 8. The summed E-state index contributed by atoms with van der Waals surface area (Å²) < 4.78 is 72.6. The van der Waals surface area contributed by atoms with E-state index >= 15 is 0 Å². The fourth-order valence-corrected chi connectivity index (χ4v) is 6.85. The van der Waals surface area contributed by atoms with Gasteiger partial charge in [-0.1, -0.05) is 94.3 Å². The van der Waals surface area contributed by atoms with Crippen LogP contribution in [0.4, 0.5) is 0 Å². The smallest absolute Gasteiger partial charge is 0.726 e. The van der Waals surface area contributed by atoms with E-state index < -0.39 is 54.0 Å². The van der Waals surface area contributed by atoms with E-state index in [1.165, 1.54) is 0 Å². The quantitative estimate of drug-likeness (QED) is 0.0476. The number of alkyl halides is 6. The van der Waals surface area contributed by atoms with Crippen LogP contribution in [-0.2, 0) is 29.2 Å². The fraction of sp³-hybridized carbons (Fsp3) is 1.00. The maximum absolute atomic E-state index is 11.3. The van der Waals surface area contributed by atoms with Gasteiger partial charge in [-0.15, -0.1) is 46.4 Å². The van der Waals surface area contributed by atoms with Crippen molar-refractivity contribution in [1.82, 2.24) is 0 Å². The molecule has 0 aliphatic heterocycles. The van der Waals surface area contributed by atoms with Crippen molar-refractivity contribution < 1.29 is 93.4 Å². The Kier molecular flexibility index (Phi) is 30.6. The molecule has 0 heterocycles. The second kappa shape index (κ2) is 25.6. The van der Waals surface area contributed by atoms with E-state index in [0.29, 0.717) is 19.3 Å². The van der Waals surface area contributed by atoms with E-state index in [0.717, 1.165) is 57.8 Å². The molecule has 0 N–H and O–H groups in total. The van der Waals surface area contributed by atoms with Gasteiger partial charge in [-0.25, -0.2) is 16.8 Å². The summed E-state index contributed by atoms with van der Waals surface area (Å²) in [5.41, 5.74) is 0. The van der Waals surface area contributed by atoms with Crippen LogP contribution in [0.3, 0.4) is 0 Å². The molecule has 8 nitrogen and oxygen atoms in total. The van der Waals surface area contributed by atoms with Gasteiger partial charge < -0.3 is 9.11 Å². The average Bonchev–Trinajstić information content (AvgIpc) is 2.79. The zero-order valence-electron chi connectivity index (χ0n) is 23.3. The maximum Gasteiger partial charge on any atom is 1.00 e. The molecule has 0 spiro atoms. The van der Waals surface area contributed by atoms with Crippen molar-refractivity contribution in [2.45, 2.75) is 129 Å². The Labute approximate surface area is 315 Å². The molecule has 0 unspecified atom stereocenters. The van der Waals surface area contributed by atoms with Crippen molar-refractivity contribution in [2.24, 2.45) is 0 Å². The van der Waals surface area contributed by atoms with Gasteiger partial charge in [-0.05, 0) is 25.7 Å². The van der Waals surface area contributed by atoms with Gasteiger partial charge in [0.1, 0.15) is 10.4 Å². The van der Waals surface area contributed by atoms with E-state index in [-0.39, 0.29) is 77.3 Å². The first-order valence-electron chi connectivity index (χ1n) is 12.7. The van der Waals surface area contributed by atoms with Gasteiger partial charge in [0.2, 0.25) is 20.8 Å². The van der Waals surface area contributed by atoms with Crippen LogP contribution in [0.5, 0.6) is 0 Å². The van der Waals surface area contributed by atoms with E-state index in [4.69, 9.17) is 69.6 Å².